The van der Waals surface area contributed by atoms with Crippen LogP contribution in [0.4, 0.5) is 0 Å². The Morgan fingerprint density at radius 1 is 1.16 bits per heavy atom. The van der Waals surface area contributed by atoms with Gasteiger partial charge < -0.3 is 9.84 Å². The molecule has 2 aromatic carbocycles. The molecule has 1 N–H and O–H groups in total. The van der Waals surface area contributed by atoms with Crippen molar-refractivity contribution in [1.82, 2.24) is 0 Å². The molecule has 0 heterocycles. The number of ether oxygens (including phenoxy) is 1. The van der Waals surface area contributed by atoms with Crippen molar-refractivity contribution in [2.75, 3.05) is 7.11 Å². The van der Waals surface area contributed by atoms with E-state index in [1.165, 1.54) is 19.2 Å². The normalized spacial score (nSPS) is 10.3. The molecule has 0 amide bonds. The Hall–Kier alpha value is -2.00. The van der Waals surface area contributed by atoms with Gasteiger partial charge in [-0.2, -0.15) is 0 Å². The summed E-state index contributed by atoms with van der Waals surface area (Å²) in [6.07, 6.45) is 0. The highest BCUT2D eigenvalue weighted by Crippen LogP contribution is 2.35. The molecule has 0 spiro atoms. The molecule has 0 saturated carbocycles. The van der Waals surface area contributed by atoms with Crippen molar-refractivity contribution in [1.29, 1.82) is 0 Å². The van der Waals surface area contributed by atoms with E-state index in [0.29, 0.717) is 10.8 Å². The summed E-state index contributed by atoms with van der Waals surface area (Å²) < 4.78 is 5.25. The van der Waals surface area contributed by atoms with Gasteiger partial charge in [0, 0.05) is 16.1 Å². The lowest BCUT2D eigenvalue weighted by Gasteiger charge is -2.11. The van der Waals surface area contributed by atoms with Crippen LogP contribution in [0.3, 0.4) is 0 Å². The van der Waals surface area contributed by atoms with Crippen LogP contribution in [0.15, 0.2) is 36.4 Å². The number of aromatic carboxylic acids is 1. The van der Waals surface area contributed by atoms with Crippen LogP contribution in [-0.4, -0.2) is 18.2 Å². The van der Waals surface area contributed by atoms with E-state index in [0.717, 1.165) is 16.7 Å². The fourth-order valence-corrected chi connectivity index (χ4v) is 2.22. The Balaban J connectivity index is 2.58. The van der Waals surface area contributed by atoms with E-state index in [1.54, 1.807) is 6.07 Å². The third-order valence-corrected chi connectivity index (χ3v) is 3.18. The van der Waals surface area contributed by atoms with Crippen LogP contribution in [0.1, 0.15) is 15.9 Å². The molecule has 19 heavy (non-hydrogen) atoms. The second kappa shape index (κ2) is 5.33. The topological polar surface area (TPSA) is 46.5 Å². The highest BCUT2D eigenvalue weighted by atomic mass is 35.5. The maximum atomic E-state index is 10.9. The lowest BCUT2D eigenvalue weighted by molar-refractivity contribution is 0.0696. The maximum absolute atomic E-state index is 10.9. The average Bonchev–Trinajstić information content (AvgIpc) is 2.38. The van der Waals surface area contributed by atoms with Crippen molar-refractivity contribution in [2.24, 2.45) is 0 Å². The van der Waals surface area contributed by atoms with Gasteiger partial charge in [0.1, 0.15) is 5.75 Å². The number of hydrogen-bond donors (Lipinski definition) is 1. The summed E-state index contributed by atoms with van der Waals surface area (Å²) in [5.41, 5.74) is 2.84. The minimum atomic E-state index is -0.986. The molecule has 4 heteroatoms. The molecule has 0 aliphatic rings. The average molecular weight is 277 g/mol. The largest absolute Gasteiger partial charge is 0.496 e. The van der Waals surface area contributed by atoms with Gasteiger partial charge in [-0.05, 0) is 36.8 Å². The molecule has 0 aliphatic carbocycles. The fraction of sp³-hybridized carbons (Fsp3) is 0.133. The van der Waals surface area contributed by atoms with Gasteiger partial charge in [0.15, 0.2) is 0 Å². The molecule has 0 radical (unpaired) electrons. The van der Waals surface area contributed by atoms with Crippen LogP contribution in [0.5, 0.6) is 5.75 Å². The highest BCUT2D eigenvalue weighted by Gasteiger charge is 2.12. The molecule has 0 bridgehead atoms. The quantitative estimate of drug-likeness (QED) is 0.921. The third kappa shape index (κ3) is 2.71. The van der Waals surface area contributed by atoms with Gasteiger partial charge in [-0.25, -0.2) is 4.79 Å². The summed E-state index contributed by atoms with van der Waals surface area (Å²) in [4.78, 5) is 10.9. The van der Waals surface area contributed by atoms with Gasteiger partial charge in [0.05, 0.1) is 12.7 Å². The number of rotatable bonds is 3. The molecule has 98 valence electrons. The zero-order valence-electron chi connectivity index (χ0n) is 10.6. The zero-order valence-corrected chi connectivity index (χ0v) is 11.4. The highest BCUT2D eigenvalue weighted by molar-refractivity contribution is 6.33. The standard InChI is InChI=1S/C15H13ClO3/c1-9-3-5-11(13(16)7-9)12-6-4-10(15(17)18)8-14(12)19-2/h3-8H,1-2H3,(H,17,18). The predicted molar refractivity (Wildman–Crippen MR) is 75.1 cm³/mol. The second-order valence-corrected chi connectivity index (χ2v) is 4.61. The predicted octanol–water partition coefficient (Wildman–Crippen LogP) is 4.02. The number of carboxylic acids is 1. The number of methoxy groups -OCH3 is 1. The van der Waals surface area contributed by atoms with Crippen LogP contribution < -0.4 is 4.74 Å². The number of carbonyl (C=O) groups is 1. The Morgan fingerprint density at radius 2 is 1.84 bits per heavy atom. The smallest absolute Gasteiger partial charge is 0.335 e. The zero-order chi connectivity index (χ0) is 14.0. The first-order valence-electron chi connectivity index (χ1n) is 5.71. The minimum absolute atomic E-state index is 0.184. The summed E-state index contributed by atoms with van der Waals surface area (Å²) >= 11 is 6.22. The summed E-state index contributed by atoms with van der Waals surface area (Å²) in [6.45, 7) is 1.96. The van der Waals surface area contributed by atoms with E-state index in [-0.39, 0.29) is 5.56 Å². The lowest BCUT2D eigenvalue weighted by Crippen LogP contribution is -1.98. The number of aryl methyl sites for hydroxylation is 1. The van der Waals surface area contributed by atoms with Gasteiger partial charge in [0.2, 0.25) is 0 Å². The Labute approximate surface area is 116 Å². The molecule has 3 nitrogen and oxygen atoms in total. The molecule has 0 saturated heterocycles. The van der Waals surface area contributed by atoms with Crippen molar-refractivity contribution in [3.8, 4) is 16.9 Å². The minimum Gasteiger partial charge on any atom is -0.496 e. The van der Waals surface area contributed by atoms with Gasteiger partial charge >= 0.3 is 5.97 Å². The van der Waals surface area contributed by atoms with E-state index in [2.05, 4.69) is 0 Å². The maximum Gasteiger partial charge on any atom is 0.335 e. The molecule has 0 aromatic heterocycles. The van der Waals surface area contributed by atoms with Crippen molar-refractivity contribution >= 4 is 17.6 Å². The Morgan fingerprint density at radius 3 is 2.42 bits per heavy atom. The molecule has 0 atom stereocenters. The van der Waals surface area contributed by atoms with Crippen LogP contribution in [0, 0.1) is 6.92 Å². The Kier molecular flexibility index (Phi) is 3.76. The second-order valence-electron chi connectivity index (χ2n) is 4.20. The number of hydrogen-bond acceptors (Lipinski definition) is 2. The third-order valence-electron chi connectivity index (χ3n) is 2.86. The molecule has 0 aliphatic heterocycles. The van der Waals surface area contributed by atoms with Crippen molar-refractivity contribution in [3.63, 3.8) is 0 Å². The summed E-state index contributed by atoms with van der Waals surface area (Å²) in [5.74, 6) is -0.495. The Bertz CT molecular complexity index is 635. The van der Waals surface area contributed by atoms with Crippen LogP contribution in [0.25, 0.3) is 11.1 Å². The first kappa shape index (κ1) is 13.4. The van der Waals surface area contributed by atoms with E-state index >= 15 is 0 Å². The van der Waals surface area contributed by atoms with E-state index in [1.807, 2.05) is 25.1 Å². The molecule has 2 aromatic rings. The van der Waals surface area contributed by atoms with E-state index in [4.69, 9.17) is 21.4 Å². The first-order chi connectivity index (χ1) is 9.02. The van der Waals surface area contributed by atoms with Crippen LogP contribution in [0.2, 0.25) is 5.02 Å². The van der Waals surface area contributed by atoms with E-state index in [9.17, 15) is 4.79 Å². The van der Waals surface area contributed by atoms with Gasteiger partial charge in [-0.15, -0.1) is 0 Å². The lowest BCUT2D eigenvalue weighted by atomic mass is 10.0. The number of carboxylic acid groups (broad SMARTS) is 1. The molecule has 0 unspecified atom stereocenters. The molecular weight excluding hydrogens is 264 g/mol. The summed E-state index contributed by atoms with van der Waals surface area (Å²) in [7, 11) is 1.51. The monoisotopic (exact) mass is 276 g/mol. The number of benzene rings is 2. The molecule has 0 fully saturated rings. The number of halogens is 1. The molecular formula is C15H13ClO3. The van der Waals surface area contributed by atoms with Crippen LogP contribution in [-0.2, 0) is 0 Å². The van der Waals surface area contributed by atoms with Gasteiger partial charge in [-0.3, -0.25) is 0 Å². The van der Waals surface area contributed by atoms with Crippen LogP contribution >= 0.6 is 11.6 Å². The summed E-state index contributed by atoms with van der Waals surface area (Å²) in [5, 5.41) is 9.59. The van der Waals surface area contributed by atoms with Gasteiger partial charge in [-0.1, -0.05) is 23.7 Å². The van der Waals surface area contributed by atoms with Crippen molar-refractivity contribution < 1.29 is 14.6 Å². The van der Waals surface area contributed by atoms with Gasteiger partial charge in [0.25, 0.3) is 0 Å². The van der Waals surface area contributed by atoms with Crippen molar-refractivity contribution in [3.05, 3.63) is 52.5 Å². The first-order valence-corrected chi connectivity index (χ1v) is 6.08. The molecule has 2 rings (SSSR count). The summed E-state index contributed by atoms with van der Waals surface area (Å²) in [6, 6.07) is 10.5. The fourth-order valence-electron chi connectivity index (χ4n) is 1.89. The van der Waals surface area contributed by atoms with Crippen molar-refractivity contribution in [2.45, 2.75) is 6.92 Å². The SMILES string of the molecule is COc1cc(C(=O)O)ccc1-c1ccc(C)cc1Cl. The van der Waals surface area contributed by atoms with E-state index < -0.39 is 5.97 Å².